The first-order valence-corrected chi connectivity index (χ1v) is 8.73. The van der Waals surface area contributed by atoms with E-state index in [1.807, 2.05) is 13.8 Å². The van der Waals surface area contributed by atoms with Gasteiger partial charge in [-0.2, -0.15) is 0 Å². The zero-order valence-electron chi connectivity index (χ0n) is 14.2. The molecular weight excluding hydrogens is 332 g/mol. The maximum absolute atomic E-state index is 11.7. The van der Waals surface area contributed by atoms with E-state index in [9.17, 15) is 9.59 Å². The molecule has 0 aliphatic rings. The maximum atomic E-state index is 11.7. The number of rotatable bonds is 10. The fourth-order valence-corrected chi connectivity index (χ4v) is 2.27. The van der Waals surface area contributed by atoms with Gasteiger partial charge < -0.3 is 20.5 Å². The van der Waals surface area contributed by atoms with Gasteiger partial charge in [-0.15, -0.1) is 0 Å². The summed E-state index contributed by atoms with van der Waals surface area (Å²) in [6, 6.07) is 0. The third-order valence-corrected chi connectivity index (χ3v) is 3.58. The van der Waals surface area contributed by atoms with Crippen molar-refractivity contribution in [2.45, 2.75) is 38.5 Å². The molecule has 1 rings (SSSR count). The van der Waals surface area contributed by atoms with Crippen LogP contribution < -0.4 is 11.1 Å². The molecule has 0 saturated carbocycles. The molecule has 1 amide bonds. The summed E-state index contributed by atoms with van der Waals surface area (Å²) in [7, 11) is 0. The lowest BCUT2D eigenvalue weighted by molar-refractivity contribution is -0.118. The van der Waals surface area contributed by atoms with Crippen molar-refractivity contribution >= 4 is 29.5 Å². The lowest BCUT2D eigenvalue weighted by Gasteiger charge is -2.08. The van der Waals surface area contributed by atoms with Gasteiger partial charge in [0.25, 0.3) is 0 Å². The second-order valence-corrected chi connectivity index (χ2v) is 6.03. The number of anilines is 1. The zero-order chi connectivity index (χ0) is 17.9. The first-order valence-electron chi connectivity index (χ1n) is 7.74. The normalized spacial score (nSPS) is 10.7. The Balaban J connectivity index is 2.35. The molecule has 0 fully saturated rings. The Bertz CT molecular complexity index is 554. The molecule has 1 aromatic heterocycles. The number of carbonyl (C=O) groups excluding carboxylic acids is 2. The number of nitrogen functional groups attached to an aromatic ring is 1. The Morgan fingerprint density at radius 1 is 1.42 bits per heavy atom. The van der Waals surface area contributed by atoms with Crippen LogP contribution >= 0.6 is 11.8 Å². The zero-order valence-corrected chi connectivity index (χ0v) is 15.0. The summed E-state index contributed by atoms with van der Waals surface area (Å²) in [6.07, 6.45) is 2.26. The second kappa shape index (κ2) is 10.8. The summed E-state index contributed by atoms with van der Waals surface area (Å²) in [5.41, 5.74) is 5.84. The van der Waals surface area contributed by atoms with Crippen LogP contribution in [0, 0.1) is 0 Å². The highest BCUT2D eigenvalue weighted by Crippen LogP contribution is 2.16. The number of aromatic nitrogens is 2. The highest BCUT2D eigenvalue weighted by molar-refractivity contribution is 7.99. The highest BCUT2D eigenvalue weighted by Gasteiger charge is 2.14. The molecule has 9 heteroatoms. The molecule has 0 radical (unpaired) electrons. The van der Waals surface area contributed by atoms with Crippen LogP contribution in [-0.2, 0) is 14.3 Å². The summed E-state index contributed by atoms with van der Waals surface area (Å²) < 4.78 is 10.2. The van der Waals surface area contributed by atoms with Crippen LogP contribution in [0.4, 0.5) is 5.82 Å². The van der Waals surface area contributed by atoms with Crippen molar-refractivity contribution in [3.63, 3.8) is 0 Å². The van der Waals surface area contributed by atoms with Crippen molar-refractivity contribution < 1.29 is 19.1 Å². The van der Waals surface area contributed by atoms with Gasteiger partial charge in [0.1, 0.15) is 11.4 Å². The van der Waals surface area contributed by atoms with Crippen molar-refractivity contribution in [1.82, 2.24) is 15.3 Å². The minimum atomic E-state index is -0.562. The number of nitrogens with zero attached hydrogens (tertiary/aromatic N) is 2. The second-order valence-electron chi connectivity index (χ2n) is 5.08. The van der Waals surface area contributed by atoms with Crippen molar-refractivity contribution in [1.29, 1.82) is 0 Å². The van der Waals surface area contributed by atoms with E-state index in [4.69, 9.17) is 15.2 Å². The molecule has 3 N–H and O–H groups in total. The molecule has 0 unspecified atom stereocenters. The summed E-state index contributed by atoms with van der Waals surface area (Å²) in [5, 5.41) is 3.12. The van der Waals surface area contributed by atoms with Crippen LogP contribution in [0.1, 0.15) is 37.6 Å². The number of hydrogen-bond donors (Lipinski definition) is 2. The lowest BCUT2D eigenvalue weighted by atomic mass is 10.3. The molecule has 0 bridgehead atoms. The number of thioether (sulfide) groups is 1. The summed E-state index contributed by atoms with van der Waals surface area (Å²) in [5.74, 6) is -0.477. The van der Waals surface area contributed by atoms with Crippen LogP contribution in [0.2, 0.25) is 0 Å². The lowest BCUT2D eigenvalue weighted by Crippen LogP contribution is -2.27. The predicted molar refractivity (Wildman–Crippen MR) is 91.8 cm³/mol. The van der Waals surface area contributed by atoms with Crippen LogP contribution in [0.5, 0.6) is 0 Å². The molecule has 1 heterocycles. The van der Waals surface area contributed by atoms with Crippen LogP contribution in [0.25, 0.3) is 0 Å². The van der Waals surface area contributed by atoms with Crippen molar-refractivity contribution in [3.8, 4) is 0 Å². The van der Waals surface area contributed by atoms with Gasteiger partial charge in [-0.05, 0) is 27.2 Å². The van der Waals surface area contributed by atoms with E-state index in [1.54, 1.807) is 6.92 Å². The maximum Gasteiger partial charge on any atom is 0.343 e. The molecule has 1 aromatic rings. The fraction of sp³-hybridized carbons (Fsp3) is 0.600. The molecule has 0 aromatic carbocycles. The Morgan fingerprint density at radius 3 is 2.79 bits per heavy atom. The number of nitrogens with one attached hydrogen (secondary N) is 1. The van der Waals surface area contributed by atoms with Gasteiger partial charge in [-0.3, -0.25) is 4.79 Å². The van der Waals surface area contributed by atoms with E-state index >= 15 is 0 Å². The largest absolute Gasteiger partial charge is 0.462 e. The standard InChI is InChI=1S/C15H24N4O4S/c1-4-22-14(21)11-8-18-15(19-13(11)16)24-9-12(20)17-6-5-7-23-10(2)3/h8,10H,4-7,9H2,1-3H3,(H,17,20)(H2,16,18,19). The van der Waals surface area contributed by atoms with Gasteiger partial charge in [-0.1, -0.05) is 11.8 Å². The minimum absolute atomic E-state index is 0.0391. The Hall–Kier alpha value is -1.87. The summed E-state index contributed by atoms with van der Waals surface area (Å²) in [6.45, 7) is 7.04. The number of amides is 1. The molecule has 24 heavy (non-hydrogen) atoms. The monoisotopic (exact) mass is 356 g/mol. The molecule has 0 saturated heterocycles. The van der Waals surface area contributed by atoms with Crippen LogP contribution in [0.3, 0.4) is 0 Å². The molecule has 0 spiro atoms. The average molecular weight is 356 g/mol. The van der Waals surface area contributed by atoms with Gasteiger partial charge in [0, 0.05) is 19.3 Å². The summed E-state index contributed by atoms with van der Waals surface area (Å²) in [4.78, 5) is 31.3. The quantitative estimate of drug-likeness (QED) is 0.278. The third kappa shape index (κ3) is 7.60. The van der Waals surface area contributed by atoms with Crippen molar-refractivity contribution in [2.75, 3.05) is 31.2 Å². The molecular formula is C15H24N4O4S. The highest BCUT2D eigenvalue weighted by atomic mass is 32.2. The van der Waals surface area contributed by atoms with Crippen LogP contribution in [-0.4, -0.2) is 53.5 Å². The van der Waals surface area contributed by atoms with Gasteiger partial charge in [0.15, 0.2) is 5.16 Å². The van der Waals surface area contributed by atoms with Gasteiger partial charge in [0.05, 0.1) is 18.5 Å². The molecule has 0 aliphatic carbocycles. The number of hydrogen-bond acceptors (Lipinski definition) is 8. The first kappa shape index (κ1) is 20.2. The third-order valence-electron chi connectivity index (χ3n) is 2.72. The van der Waals surface area contributed by atoms with Gasteiger partial charge in [0.2, 0.25) is 5.91 Å². The molecule has 0 atom stereocenters. The van der Waals surface area contributed by atoms with Crippen molar-refractivity contribution in [2.24, 2.45) is 0 Å². The smallest absolute Gasteiger partial charge is 0.343 e. The van der Waals surface area contributed by atoms with Gasteiger partial charge in [-0.25, -0.2) is 14.8 Å². The van der Waals surface area contributed by atoms with E-state index in [0.717, 1.165) is 18.2 Å². The summed E-state index contributed by atoms with van der Waals surface area (Å²) >= 11 is 1.15. The minimum Gasteiger partial charge on any atom is -0.462 e. The number of carbonyl (C=O) groups is 2. The number of nitrogens with two attached hydrogens (primary N) is 1. The van der Waals surface area contributed by atoms with Crippen molar-refractivity contribution in [3.05, 3.63) is 11.8 Å². The fourth-order valence-electron chi connectivity index (χ4n) is 1.61. The molecule has 134 valence electrons. The molecule has 8 nitrogen and oxygen atoms in total. The average Bonchev–Trinajstić information content (AvgIpc) is 2.52. The topological polar surface area (TPSA) is 116 Å². The molecule has 0 aliphatic heterocycles. The number of ether oxygens (including phenoxy) is 2. The van der Waals surface area contributed by atoms with E-state index < -0.39 is 5.97 Å². The van der Waals surface area contributed by atoms with E-state index in [1.165, 1.54) is 6.20 Å². The van der Waals surface area contributed by atoms with E-state index in [-0.39, 0.29) is 35.8 Å². The van der Waals surface area contributed by atoms with Gasteiger partial charge >= 0.3 is 5.97 Å². The predicted octanol–water partition coefficient (Wildman–Crippen LogP) is 1.26. The first-order chi connectivity index (χ1) is 11.4. The van der Waals surface area contributed by atoms with E-state index in [2.05, 4.69) is 15.3 Å². The number of esters is 1. The Kier molecular flexibility index (Phi) is 9.10. The Labute approximate surface area is 145 Å². The van der Waals surface area contributed by atoms with E-state index in [0.29, 0.717) is 18.3 Å². The SMILES string of the molecule is CCOC(=O)c1cnc(SCC(=O)NCCCOC(C)C)nc1N. The van der Waals surface area contributed by atoms with Crippen LogP contribution in [0.15, 0.2) is 11.4 Å². The Morgan fingerprint density at radius 2 is 2.17 bits per heavy atom.